The third-order valence-electron chi connectivity index (χ3n) is 4.14. The Bertz CT molecular complexity index is 884. The van der Waals surface area contributed by atoms with E-state index in [0.717, 1.165) is 21.5 Å². The van der Waals surface area contributed by atoms with Gasteiger partial charge in [-0.3, -0.25) is 8.98 Å². The average Bonchev–Trinajstić information content (AvgIpc) is 2.97. The number of aromatic nitrogens is 1. The Morgan fingerprint density at radius 3 is 2.50 bits per heavy atom. The number of esters is 1. The first-order valence-corrected chi connectivity index (χ1v) is 9.67. The van der Waals surface area contributed by atoms with Crippen LogP contribution < -0.4 is 0 Å². The lowest BCUT2D eigenvalue weighted by atomic mass is 9.95. The number of ether oxygens (including phenoxy) is 1. The van der Waals surface area contributed by atoms with Crippen molar-refractivity contribution in [1.82, 2.24) is 8.87 Å². The molecule has 0 unspecified atom stereocenters. The summed E-state index contributed by atoms with van der Waals surface area (Å²) < 4.78 is 36.5. The molecule has 2 rings (SSSR count). The second-order valence-corrected chi connectivity index (χ2v) is 8.60. The van der Waals surface area contributed by atoms with Crippen LogP contribution in [-0.2, 0) is 30.4 Å². The lowest BCUT2D eigenvalue weighted by molar-refractivity contribution is -0.152. The van der Waals surface area contributed by atoms with Gasteiger partial charge in [0, 0.05) is 18.1 Å². The van der Waals surface area contributed by atoms with Crippen molar-refractivity contribution in [1.29, 1.82) is 0 Å². The maximum absolute atomic E-state index is 12.7. The topological polar surface area (TPSA) is 77.8 Å². The van der Waals surface area contributed by atoms with E-state index in [4.69, 9.17) is 4.18 Å². The maximum Gasteiger partial charge on any atom is 0.366 e. The lowest BCUT2D eigenvalue weighted by Gasteiger charge is -2.21. The Morgan fingerprint density at radius 2 is 1.88 bits per heavy atom. The predicted molar refractivity (Wildman–Crippen MR) is 100 cm³/mol. The van der Waals surface area contributed by atoms with Crippen LogP contribution in [0.4, 0.5) is 0 Å². The number of nitrogens with zero attached hydrogens (tertiary/aromatic N) is 2. The number of methoxy groups -OCH3 is 1. The monoisotopic (exact) mass is 382 g/mol. The zero-order valence-corrected chi connectivity index (χ0v) is 16.7. The van der Waals surface area contributed by atoms with E-state index in [0.29, 0.717) is 11.9 Å². The molecule has 0 radical (unpaired) electrons. The van der Waals surface area contributed by atoms with Crippen molar-refractivity contribution >= 4 is 27.2 Å². The molecule has 1 aromatic heterocycles. The third kappa shape index (κ3) is 4.44. The van der Waals surface area contributed by atoms with E-state index >= 15 is 0 Å². The summed E-state index contributed by atoms with van der Waals surface area (Å²) in [6.07, 6.45) is 2.30. The Hall–Kier alpha value is -1.90. The van der Waals surface area contributed by atoms with Crippen LogP contribution in [0.15, 0.2) is 30.5 Å². The molecule has 0 bridgehead atoms. The highest BCUT2D eigenvalue weighted by Gasteiger charge is 2.32. The summed E-state index contributed by atoms with van der Waals surface area (Å²) in [4.78, 5) is 13.8. The number of fused-ring (bicyclic) bond motifs is 1. The minimum absolute atomic E-state index is 0.304. The molecule has 1 aromatic carbocycles. The van der Waals surface area contributed by atoms with Crippen LogP contribution in [-0.4, -0.2) is 57.6 Å². The number of benzene rings is 1. The zero-order valence-electron chi connectivity index (χ0n) is 15.9. The summed E-state index contributed by atoms with van der Waals surface area (Å²) in [5.74, 6) is -0.531. The van der Waals surface area contributed by atoms with Gasteiger partial charge in [-0.25, -0.2) is 3.97 Å². The number of carbonyl (C=O) groups excluding carboxylic acids is 1. The molecule has 0 amide bonds. The standard InChI is InChI=1S/C18H26N2O5S/c1-18(2,17(21)24-5)13-25-26(22,23)20-12-14(10-11-19(3)4)15-8-6-7-9-16(15)20/h6-9,12H,10-11,13H2,1-5H3. The van der Waals surface area contributed by atoms with Gasteiger partial charge >= 0.3 is 16.3 Å². The zero-order chi connectivity index (χ0) is 19.5. The summed E-state index contributed by atoms with van der Waals surface area (Å²) in [6.45, 7) is 3.64. The number of likely N-dealkylation sites (N-methyl/N-ethyl adjacent to an activating group) is 1. The number of rotatable bonds is 8. The molecule has 0 aliphatic rings. The summed E-state index contributed by atoms with van der Waals surface area (Å²) in [5.41, 5.74) is 0.407. The van der Waals surface area contributed by atoms with Crippen LogP contribution in [0.2, 0.25) is 0 Å². The van der Waals surface area contributed by atoms with Gasteiger partial charge < -0.3 is 9.64 Å². The molecule has 0 aliphatic carbocycles. The molecule has 0 aliphatic heterocycles. The van der Waals surface area contributed by atoms with Crippen molar-refractivity contribution in [2.24, 2.45) is 5.41 Å². The molecule has 26 heavy (non-hydrogen) atoms. The van der Waals surface area contributed by atoms with Gasteiger partial charge in [-0.1, -0.05) is 18.2 Å². The smallest absolute Gasteiger partial charge is 0.366 e. The molecule has 0 saturated carbocycles. The molecule has 0 atom stereocenters. The minimum atomic E-state index is -4.08. The average molecular weight is 382 g/mol. The SMILES string of the molecule is COC(=O)C(C)(C)COS(=O)(=O)n1cc(CCN(C)C)c2ccccc21. The summed E-state index contributed by atoms with van der Waals surface area (Å²) in [6, 6.07) is 7.29. The highest BCUT2D eigenvalue weighted by atomic mass is 32.2. The quantitative estimate of drug-likeness (QED) is 0.651. The van der Waals surface area contributed by atoms with Crippen LogP contribution in [0.5, 0.6) is 0 Å². The van der Waals surface area contributed by atoms with Gasteiger partial charge in [0.1, 0.15) is 0 Å². The fourth-order valence-corrected chi connectivity index (χ4v) is 3.77. The predicted octanol–water partition coefficient (Wildman–Crippen LogP) is 2.05. The highest BCUT2D eigenvalue weighted by Crippen LogP contribution is 2.25. The molecule has 0 saturated heterocycles. The molecule has 2 aromatic rings. The normalized spacial score (nSPS) is 12.7. The fourth-order valence-electron chi connectivity index (χ4n) is 2.56. The maximum atomic E-state index is 12.7. The van der Waals surface area contributed by atoms with Crippen LogP contribution in [0.1, 0.15) is 19.4 Å². The molecule has 0 spiro atoms. The van der Waals surface area contributed by atoms with Gasteiger partial charge in [0.25, 0.3) is 0 Å². The van der Waals surface area contributed by atoms with Crippen molar-refractivity contribution in [3.05, 3.63) is 36.0 Å². The number of hydrogen-bond donors (Lipinski definition) is 0. The van der Waals surface area contributed by atoms with Gasteiger partial charge in [-0.15, -0.1) is 0 Å². The van der Waals surface area contributed by atoms with Crippen LogP contribution >= 0.6 is 0 Å². The molecule has 144 valence electrons. The van der Waals surface area contributed by atoms with Crippen molar-refractivity contribution in [3.8, 4) is 0 Å². The van der Waals surface area contributed by atoms with Crippen LogP contribution in [0.25, 0.3) is 10.9 Å². The molecule has 1 heterocycles. The molecule has 0 fully saturated rings. The first kappa shape index (κ1) is 20.4. The summed E-state index contributed by atoms with van der Waals surface area (Å²) >= 11 is 0. The van der Waals surface area contributed by atoms with Gasteiger partial charge in [0.05, 0.1) is 24.6 Å². The first-order chi connectivity index (χ1) is 12.1. The van der Waals surface area contributed by atoms with E-state index in [2.05, 4.69) is 4.74 Å². The second-order valence-electron chi connectivity index (χ2n) is 7.12. The van der Waals surface area contributed by atoms with E-state index in [1.54, 1.807) is 32.2 Å². The number of carbonyl (C=O) groups is 1. The van der Waals surface area contributed by atoms with E-state index in [9.17, 15) is 13.2 Å². The van der Waals surface area contributed by atoms with Crippen molar-refractivity contribution in [3.63, 3.8) is 0 Å². The van der Waals surface area contributed by atoms with E-state index in [1.807, 2.05) is 31.1 Å². The molecular formula is C18H26N2O5S. The van der Waals surface area contributed by atoms with Crippen molar-refractivity contribution < 1.29 is 22.1 Å². The molecular weight excluding hydrogens is 356 g/mol. The third-order valence-corrected chi connectivity index (χ3v) is 5.34. The van der Waals surface area contributed by atoms with E-state index in [1.165, 1.54) is 7.11 Å². The van der Waals surface area contributed by atoms with Crippen molar-refractivity contribution in [2.75, 3.05) is 34.4 Å². The molecule has 0 N–H and O–H groups in total. The van der Waals surface area contributed by atoms with Crippen LogP contribution in [0, 0.1) is 5.41 Å². The number of hydrogen-bond acceptors (Lipinski definition) is 6. The molecule has 7 nitrogen and oxygen atoms in total. The van der Waals surface area contributed by atoms with Gasteiger partial charge in [-0.05, 0) is 46.0 Å². The number of para-hydroxylation sites is 1. The van der Waals surface area contributed by atoms with Crippen LogP contribution in [0.3, 0.4) is 0 Å². The van der Waals surface area contributed by atoms with E-state index < -0.39 is 21.7 Å². The highest BCUT2D eigenvalue weighted by molar-refractivity contribution is 7.85. The van der Waals surface area contributed by atoms with Gasteiger partial charge in [-0.2, -0.15) is 8.42 Å². The first-order valence-electron chi connectivity index (χ1n) is 8.30. The fraction of sp³-hybridized carbons (Fsp3) is 0.500. The Balaban J connectivity index is 2.34. The Labute approximate surface area is 154 Å². The molecule has 8 heteroatoms. The second kappa shape index (κ2) is 7.77. The van der Waals surface area contributed by atoms with Crippen molar-refractivity contribution in [2.45, 2.75) is 20.3 Å². The lowest BCUT2D eigenvalue weighted by Crippen LogP contribution is -2.33. The van der Waals surface area contributed by atoms with Gasteiger partial charge in [0.15, 0.2) is 0 Å². The minimum Gasteiger partial charge on any atom is -0.469 e. The Morgan fingerprint density at radius 1 is 1.23 bits per heavy atom. The Kier molecular flexibility index (Phi) is 6.10. The summed E-state index contributed by atoms with van der Waals surface area (Å²) in [7, 11) is 1.11. The van der Waals surface area contributed by atoms with E-state index in [-0.39, 0.29) is 6.61 Å². The largest absolute Gasteiger partial charge is 0.469 e. The summed E-state index contributed by atoms with van der Waals surface area (Å²) in [5, 5.41) is 0.869. The van der Waals surface area contributed by atoms with Gasteiger partial charge in [0.2, 0.25) is 0 Å².